The number of anilines is 1. The lowest BCUT2D eigenvalue weighted by atomic mass is 9.95. The molecular weight excluding hydrogens is 259 g/mol. The van der Waals surface area contributed by atoms with Gasteiger partial charge in [-0.15, -0.1) is 13.2 Å². The van der Waals surface area contributed by atoms with Gasteiger partial charge in [0.15, 0.2) is 0 Å². The molecule has 0 radical (unpaired) electrons. The van der Waals surface area contributed by atoms with E-state index in [0.717, 1.165) is 25.7 Å². The van der Waals surface area contributed by atoms with E-state index in [0.29, 0.717) is 11.7 Å². The summed E-state index contributed by atoms with van der Waals surface area (Å²) in [5.41, 5.74) is 0. The summed E-state index contributed by atoms with van der Waals surface area (Å²) in [4.78, 5) is 3.93. The lowest BCUT2D eigenvalue weighted by Gasteiger charge is -2.30. The Labute approximate surface area is 109 Å². The van der Waals surface area contributed by atoms with Crippen molar-refractivity contribution >= 4 is 5.82 Å². The topological polar surface area (TPSA) is 46.2 Å². The Kier molecular flexibility index (Phi) is 4.14. The van der Waals surface area contributed by atoms with E-state index < -0.39 is 6.36 Å². The third-order valence-electron chi connectivity index (χ3n) is 3.09. The third kappa shape index (κ3) is 4.27. The summed E-state index contributed by atoms with van der Waals surface area (Å²) in [6.45, 7) is 3.97. The molecule has 0 spiro atoms. The van der Waals surface area contributed by atoms with Crippen LogP contribution in [0.3, 0.4) is 0 Å². The van der Waals surface area contributed by atoms with Crippen LogP contribution < -0.4 is 15.4 Å². The van der Waals surface area contributed by atoms with Crippen LogP contribution in [0.5, 0.6) is 5.75 Å². The second-order valence-electron chi connectivity index (χ2n) is 4.65. The third-order valence-corrected chi connectivity index (χ3v) is 3.09. The van der Waals surface area contributed by atoms with Crippen LogP contribution in [-0.2, 0) is 0 Å². The van der Waals surface area contributed by atoms with Crippen molar-refractivity contribution in [1.29, 1.82) is 0 Å². The molecule has 4 nitrogen and oxygen atoms in total. The highest BCUT2D eigenvalue weighted by atomic mass is 19.4. The number of alkyl halides is 3. The second kappa shape index (κ2) is 5.64. The average molecular weight is 275 g/mol. The first kappa shape index (κ1) is 13.9. The van der Waals surface area contributed by atoms with Crippen molar-refractivity contribution in [3.05, 3.63) is 18.3 Å². The van der Waals surface area contributed by atoms with Crippen molar-refractivity contribution in [1.82, 2.24) is 10.3 Å². The van der Waals surface area contributed by atoms with E-state index in [9.17, 15) is 13.2 Å². The lowest BCUT2D eigenvalue weighted by Crippen LogP contribution is -2.42. The maximum absolute atomic E-state index is 12.0. The number of piperidine rings is 1. The SMILES string of the molecule is C[C@H]1CNCC[C@H]1Nc1ccc(OC(F)(F)F)cn1. The first-order chi connectivity index (χ1) is 8.94. The summed E-state index contributed by atoms with van der Waals surface area (Å²) in [6.07, 6.45) is -2.65. The Hall–Kier alpha value is -1.50. The number of rotatable bonds is 3. The van der Waals surface area contributed by atoms with Gasteiger partial charge in [-0.1, -0.05) is 6.92 Å². The molecule has 0 unspecified atom stereocenters. The molecule has 2 heterocycles. The van der Waals surface area contributed by atoms with Gasteiger partial charge in [0.2, 0.25) is 0 Å². The molecule has 0 aromatic carbocycles. The highest BCUT2D eigenvalue weighted by Gasteiger charge is 2.31. The molecule has 19 heavy (non-hydrogen) atoms. The minimum atomic E-state index is -4.68. The van der Waals surface area contributed by atoms with Crippen LogP contribution >= 0.6 is 0 Å². The summed E-state index contributed by atoms with van der Waals surface area (Å²) in [5.74, 6) is 0.700. The van der Waals surface area contributed by atoms with Crippen LogP contribution in [0.1, 0.15) is 13.3 Å². The summed E-state index contributed by atoms with van der Waals surface area (Å²) < 4.78 is 39.7. The van der Waals surface area contributed by atoms with Crippen LogP contribution in [0, 0.1) is 5.92 Å². The molecule has 0 saturated carbocycles. The number of pyridine rings is 1. The predicted molar refractivity (Wildman–Crippen MR) is 65.0 cm³/mol. The molecule has 1 aliphatic heterocycles. The fourth-order valence-electron chi connectivity index (χ4n) is 2.08. The molecule has 2 N–H and O–H groups in total. The number of halogens is 3. The van der Waals surface area contributed by atoms with Crippen molar-refractivity contribution < 1.29 is 17.9 Å². The van der Waals surface area contributed by atoms with Crippen LogP contribution in [0.2, 0.25) is 0 Å². The zero-order valence-corrected chi connectivity index (χ0v) is 10.5. The second-order valence-corrected chi connectivity index (χ2v) is 4.65. The van der Waals surface area contributed by atoms with Gasteiger partial charge in [-0.3, -0.25) is 0 Å². The zero-order chi connectivity index (χ0) is 13.9. The van der Waals surface area contributed by atoms with Gasteiger partial charge < -0.3 is 15.4 Å². The largest absolute Gasteiger partial charge is 0.573 e. The Morgan fingerprint density at radius 3 is 2.79 bits per heavy atom. The summed E-state index contributed by atoms with van der Waals surface area (Å²) in [7, 11) is 0. The van der Waals surface area contributed by atoms with Gasteiger partial charge in [0.1, 0.15) is 11.6 Å². The van der Waals surface area contributed by atoms with E-state index in [-0.39, 0.29) is 11.8 Å². The molecule has 7 heteroatoms. The maximum atomic E-state index is 12.0. The monoisotopic (exact) mass is 275 g/mol. The van der Waals surface area contributed by atoms with E-state index in [1.54, 1.807) is 0 Å². The van der Waals surface area contributed by atoms with Crippen molar-refractivity contribution in [2.75, 3.05) is 18.4 Å². The minimum Gasteiger partial charge on any atom is -0.404 e. The summed E-state index contributed by atoms with van der Waals surface area (Å²) >= 11 is 0. The fraction of sp³-hybridized carbons (Fsp3) is 0.583. The molecule has 0 amide bonds. The Morgan fingerprint density at radius 1 is 1.42 bits per heavy atom. The standard InChI is InChI=1S/C12H16F3N3O/c1-8-6-16-5-4-10(8)18-11-3-2-9(7-17-11)19-12(13,14)15/h2-3,7-8,10,16H,4-6H2,1H3,(H,17,18)/t8-,10+/m0/s1. The number of hydrogen-bond acceptors (Lipinski definition) is 4. The number of hydrogen-bond donors (Lipinski definition) is 2. The molecule has 0 bridgehead atoms. The van der Waals surface area contributed by atoms with Crippen molar-refractivity contribution in [3.63, 3.8) is 0 Å². The predicted octanol–water partition coefficient (Wildman–Crippen LogP) is 2.39. The number of ether oxygens (including phenoxy) is 1. The van der Waals surface area contributed by atoms with Gasteiger partial charge in [0.05, 0.1) is 6.20 Å². The van der Waals surface area contributed by atoms with Gasteiger partial charge in [-0.2, -0.15) is 0 Å². The first-order valence-electron chi connectivity index (χ1n) is 6.13. The Bertz CT molecular complexity index is 408. The smallest absolute Gasteiger partial charge is 0.404 e. The molecule has 0 aliphatic carbocycles. The van der Waals surface area contributed by atoms with Crippen molar-refractivity contribution in [2.24, 2.45) is 5.92 Å². The first-order valence-corrected chi connectivity index (χ1v) is 6.13. The van der Waals surface area contributed by atoms with E-state index in [1.807, 2.05) is 0 Å². The number of nitrogens with one attached hydrogen (secondary N) is 2. The molecule has 1 aromatic heterocycles. The van der Waals surface area contributed by atoms with Crippen molar-refractivity contribution in [3.8, 4) is 5.75 Å². The highest BCUT2D eigenvalue weighted by molar-refractivity contribution is 5.38. The fourth-order valence-corrected chi connectivity index (χ4v) is 2.08. The van der Waals surface area contributed by atoms with E-state index in [2.05, 4.69) is 27.3 Å². The highest BCUT2D eigenvalue weighted by Crippen LogP contribution is 2.23. The number of nitrogens with zero attached hydrogens (tertiary/aromatic N) is 1. The van der Waals surface area contributed by atoms with Crippen LogP contribution in [0.4, 0.5) is 19.0 Å². The van der Waals surface area contributed by atoms with Gasteiger partial charge in [-0.05, 0) is 37.6 Å². The van der Waals surface area contributed by atoms with Crippen molar-refractivity contribution in [2.45, 2.75) is 25.7 Å². The molecular formula is C12H16F3N3O. The van der Waals surface area contributed by atoms with Crippen LogP contribution in [0.15, 0.2) is 18.3 Å². The summed E-state index contributed by atoms with van der Waals surface area (Å²) in [5, 5.41) is 6.51. The normalized spacial score (nSPS) is 24.0. The number of aromatic nitrogens is 1. The quantitative estimate of drug-likeness (QED) is 0.889. The van der Waals surface area contributed by atoms with E-state index in [4.69, 9.17) is 0 Å². The molecule has 2 atom stereocenters. The summed E-state index contributed by atoms with van der Waals surface area (Å²) in [6, 6.07) is 3.04. The van der Waals surface area contributed by atoms with Gasteiger partial charge in [0, 0.05) is 6.04 Å². The molecule has 1 fully saturated rings. The Balaban J connectivity index is 1.94. The van der Waals surface area contributed by atoms with Crippen LogP contribution in [-0.4, -0.2) is 30.5 Å². The van der Waals surface area contributed by atoms with Gasteiger partial charge in [0.25, 0.3) is 0 Å². The lowest BCUT2D eigenvalue weighted by molar-refractivity contribution is -0.274. The van der Waals surface area contributed by atoms with Gasteiger partial charge in [-0.25, -0.2) is 4.98 Å². The Morgan fingerprint density at radius 2 is 2.21 bits per heavy atom. The molecule has 1 aliphatic rings. The zero-order valence-electron chi connectivity index (χ0n) is 10.5. The van der Waals surface area contributed by atoms with Gasteiger partial charge >= 0.3 is 6.36 Å². The molecule has 1 aromatic rings. The molecule has 2 rings (SSSR count). The van der Waals surface area contributed by atoms with Crippen LogP contribution in [0.25, 0.3) is 0 Å². The average Bonchev–Trinajstić information content (AvgIpc) is 2.33. The van der Waals surface area contributed by atoms with E-state index in [1.165, 1.54) is 12.1 Å². The maximum Gasteiger partial charge on any atom is 0.573 e. The minimum absolute atomic E-state index is 0.281. The molecule has 1 saturated heterocycles. The van der Waals surface area contributed by atoms with E-state index >= 15 is 0 Å². The molecule has 106 valence electrons.